The second-order valence-electron chi connectivity index (χ2n) is 8.41. The largest absolute Gasteiger partial charge is 0.487 e. The minimum atomic E-state index is 0.0361. The summed E-state index contributed by atoms with van der Waals surface area (Å²) in [4.78, 5) is 15.6. The normalized spacial score (nSPS) is 39.9. The summed E-state index contributed by atoms with van der Waals surface area (Å²) >= 11 is 0. The standard InChI is InChI=1S/C23H19NO2/c25-23-19-13-10-9-12(11-13)18(19)21-22-20(15-6-2-4-8-17(15)26-22)14-5-1-3-7-16(14)24(21)23/h1-10,12-13,18-22H,11H2/t12?,13?,18-,19+,20?,21-,22?/m0/s1. The first-order valence-corrected chi connectivity index (χ1v) is 9.69. The number of hydrogen-bond acceptors (Lipinski definition) is 2. The van der Waals surface area contributed by atoms with E-state index in [9.17, 15) is 4.79 Å². The lowest BCUT2D eigenvalue weighted by molar-refractivity contribution is -0.121. The predicted octanol–water partition coefficient (Wildman–Crippen LogP) is 3.75. The molecule has 3 heteroatoms. The van der Waals surface area contributed by atoms with Crippen molar-refractivity contribution in [1.29, 1.82) is 0 Å². The van der Waals surface area contributed by atoms with Gasteiger partial charge in [-0.3, -0.25) is 4.79 Å². The van der Waals surface area contributed by atoms with Crippen LogP contribution < -0.4 is 9.64 Å². The van der Waals surface area contributed by atoms with E-state index in [1.165, 1.54) is 11.1 Å². The molecule has 0 radical (unpaired) electrons. The molecular weight excluding hydrogens is 322 g/mol. The minimum Gasteiger partial charge on any atom is -0.487 e. The Morgan fingerprint density at radius 1 is 0.923 bits per heavy atom. The molecule has 1 amide bonds. The van der Waals surface area contributed by atoms with Crippen molar-refractivity contribution < 1.29 is 9.53 Å². The number of carbonyl (C=O) groups is 1. The summed E-state index contributed by atoms with van der Waals surface area (Å²) in [6, 6.07) is 17.0. The van der Waals surface area contributed by atoms with E-state index < -0.39 is 0 Å². The average Bonchev–Trinajstić information content (AvgIpc) is 3.42. The van der Waals surface area contributed by atoms with Gasteiger partial charge in [-0.1, -0.05) is 48.6 Å². The smallest absolute Gasteiger partial charge is 0.231 e. The zero-order valence-electron chi connectivity index (χ0n) is 14.3. The molecule has 7 rings (SSSR count). The van der Waals surface area contributed by atoms with Gasteiger partial charge in [0.2, 0.25) is 5.91 Å². The van der Waals surface area contributed by atoms with E-state index in [1.54, 1.807) is 0 Å². The van der Waals surface area contributed by atoms with E-state index in [0.29, 0.717) is 23.7 Å². The van der Waals surface area contributed by atoms with Gasteiger partial charge in [0, 0.05) is 17.2 Å². The molecule has 4 unspecified atom stereocenters. The SMILES string of the molecule is O=C1[C@@H]2C3C=CC(C3)[C@@H]2[C@H]2C3Oc4ccccc4C3c3ccccc3N12. The molecule has 2 fully saturated rings. The molecule has 2 aliphatic carbocycles. The lowest BCUT2D eigenvalue weighted by atomic mass is 9.74. The van der Waals surface area contributed by atoms with Crippen LogP contribution in [0.25, 0.3) is 0 Å². The van der Waals surface area contributed by atoms with Crippen LogP contribution in [0.2, 0.25) is 0 Å². The Balaban J connectivity index is 1.48. The maximum absolute atomic E-state index is 13.5. The third-order valence-electron chi connectivity index (χ3n) is 7.45. The van der Waals surface area contributed by atoms with E-state index in [0.717, 1.165) is 17.9 Å². The predicted molar refractivity (Wildman–Crippen MR) is 98.1 cm³/mol. The zero-order chi connectivity index (χ0) is 17.0. The highest BCUT2D eigenvalue weighted by Crippen LogP contribution is 2.61. The van der Waals surface area contributed by atoms with Crippen LogP contribution in [0.3, 0.4) is 0 Å². The number of rotatable bonds is 0. The number of carbonyl (C=O) groups excluding carboxylic acids is 1. The summed E-state index contributed by atoms with van der Waals surface area (Å²) in [6.45, 7) is 0. The number of allylic oxidation sites excluding steroid dienone is 2. The molecular formula is C23H19NO2. The first-order chi connectivity index (χ1) is 12.8. The van der Waals surface area contributed by atoms with E-state index in [-0.39, 0.29) is 24.0 Å². The molecule has 2 aromatic carbocycles. The molecule has 0 aromatic heterocycles. The van der Waals surface area contributed by atoms with Crippen molar-refractivity contribution in [2.24, 2.45) is 23.7 Å². The van der Waals surface area contributed by atoms with Crippen LogP contribution in [0.15, 0.2) is 60.7 Å². The topological polar surface area (TPSA) is 29.5 Å². The molecule has 3 nitrogen and oxygen atoms in total. The van der Waals surface area contributed by atoms with Crippen molar-refractivity contribution >= 4 is 11.6 Å². The van der Waals surface area contributed by atoms with Crippen LogP contribution in [0.5, 0.6) is 5.75 Å². The fourth-order valence-corrected chi connectivity index (χ4v) is 6.62. The molecule has 1 saturated heterocycles. The minimum absolute atomic E-state index is 0.0361. The van der Waals surface area contributed by atoms with Gasteiger partial charge in [-0.05, 0) is 36.0 Å². The summed E-state index contributed by atoms with van der Waals surface area (Å²) in [5.41, 5.74) is 3.63. The highest BCUT2D eigenvalue weighted by atomic mass is 16.5. The van der Waals surface area contributed by atoms with Gasteiger partial charge in [-0.25, -0.2) is 0 Å². The molecule has 0 N–H and O–H groups in total. The fraction of sp³-hybridized carbons (Fsp3) is 0.348. The molecule has 0 spiro atoms. The van der Waals surface area contributed by atoms with E-state index >= 15 is 0 Å². The first-order valence-electron chi connectivity index (χ1n) is 9.69. The second kappa shape index (κ2) is 4.40. The Labute approximate surface area is 152 Å². The number of amides is 1. The highest BCUT2D eigenvalue weighted by Gasteiger charge is 2.65. The van der Waals surface area contributed by atoms with E-state index in [1.807, 2.05) is 6.07 Å². The van der Waals surface area contributed by atoms with Gasteiger partial charge >= 0.3 is 0 Å². The quantitative estimate of drug-likeness (QED) is 0.683. The third-order valence-corrected chi connectivity index (χ3v) is 7.45. The Morgan fingerprint density at radius 3 is 2.62 bits per heavy atom. The van der Waals surface area contributed by atoms with Crippen molar-refractivity contribution in [2.75, 3.05) is 4.90 Å². The van der Waals surface area contributed by atoms with Gasteiger partial charge in [0.1, 0.15) is 11.9 Å². The van der Waals surface area contributed by atoms with Gasteiger partial charge in [-0.15, -0.1) is 0 Å². The van der Waals surface area contributed by atoms with Crippen molar-refractivity contribution in [3.8, 4) is 5.75 Å². The summed E-state index contributed by atoms with van der Waals surface area (Å²) < 4.78 is 6.53. The summed E-state index contributed by atoms with van der Waals surface area (Å²) in [6.07, 6.45) is 5.84. The number of hydrogen-bond donors (Lipinski definition) is 0. The van der Waals surface area contributed by atoms with Crippen LogP contribution in [0.4, 0.5) is 5.69 Å². The Bertz CT molecular complexity index is 995. The van der Waals surface area contributed by atoms with Gasteiger partial charge in [0.15, 0.2) is 0 Å². The third kappa shape index (κ3) is 1.39. The lowest BCUT2D eigenvalue weighted by Gasteiger charge is -2.42. The number of benzene rings is 2. The highest BCUT2D eigenvalue weighted by molar-refractivity contribution is 6.01. The Kier molecular flexibility index (Phi) is 2.31. The molecule has 1 saturated carbocycles. The maximum Gasteiger partial charge on any atom is 0.231 e. The van der Waals surface area contributed by atoms with Crippen LogP contribution in [-0.2, 0) is 4.79 Å². The number of anilines is 1. The van der Waals surface area contributed by atoms with Crippen LogP contribution in [0.1, 0.15) is 23.5 Å². The zero-order valence-corrected chi connectivity index (χ0v) is 14.3. The van der Waals surface area contributed by atoms with Gasteiger partial charge in [0.25, 0.3) is 0 Å². The summed E-state index contributed by atoms with van der Waals surface area (Å²) in [5.74, 6) is 3.05. The first kappa shape index (κ1) is 13.6. The van der Waals surface area contributed by atoms with Gasteiger partial charge < -0.3 is 9.64 Å². The van der Waals surface area contributed by atoms with Gasteiger partial charge in [0.05, 0.1) is 17.9 Å². The summed E-state index contributed by atoms with van der Waals surface area (Å²) in [7, 11) is 0. The molecule has 2 aromatic rings. The molecule has 7 atom stereocenters. The average molecular weight is 341 g/mol. The van der Waals surface area contributed by atoms with E-state index in [4.69, 9.17) is 4.74 Å². The monoisotopic (exact) mass is 341 g/mol. The lowest BCUT2D eigenvalue weighted by Crippen LogP contribution is -2.52. The Morgan fingerprint density at radius 2 is 1.69 bits per heavy atom. The molecule has 3 aliphatic heterocycles. The number of nitrogens with zero attached hydrogens (tertiary/aromatic N) is 1. The molecule has 5 aliphatic rings. The molecule has 2 bridgehead atoms. The maximum atomic E-state index is 13.5. The summed E-state index contributed by atoms with van der Waals surface area (Å²) in [5, 5.41) is 0. The van der Waals surface area contributed by atoms with Gasteiger partial charge in [-0.2, -0.15) is 0 Å². The van der Waals surface area contributed by atoms with Crippen LogP contribution in [-0.4, -0.2) is 18.1 Å². The van der Waals surface area contributed by atoms with E-state index in [2.05, 4.69) is 59.5 Å². The fourth-order valence-electron chi connectivity index (χ4n) is 6.62. The van der Waals surface area contributed by atoms with Crippen molar-refractivity contribution in [2.45, 2.75) is 24.5 Å². The number of para-hydroxylation sites is 2. The van der Waals surface area contributed by atoms with Crippen molar-refractivity contribution in [3.05, 3.63) is 71.8 Å². The second-order valence-corrected chi connectivity index (χ2v) is 8.41. The van der Waals surface area contributed by atoms with Crippen molar-refractivity contribution in [3.63, 3.8) is 0 Å². The number of ether oxygens (including phenoxy) is 1. The Hall–Kier alpha value is -2.55. The van der Waals surface area contributed by atoms with Crippen LogP contribution in [0, 0.1) is 23.7 Å². The molecule has 128 valence electrons. The molecule has 26 heavy (non-hydrogen) atoms. The van der Waals surface area contributed by atoms with Crippen molar-refractivity contribution in [1.82, 2.24) is 0 Å². The number of fused-ring (bicyclic) bond motifs is 14. The molecule has 3 heterocycles. The van der Waals surface area contributed by atoms with Crippen LogP contribution >= 0.6 is 0 Å².